The predicted octanol–water partition coefficient (Wildman–Crippen LogP) is -3.31. The molecule has 0 aliphatic heterocycles. The summed E-state index contributed by atoms with van der Waals surface area (Å²) in [5.41, 5.74) is 10.9. The SMILES string of the molecule is CC(NC(=O)C(N)CC(N)=O)C(=O)NC(CO)C(=O)NC(Cc1ccc(O)cc1)C(=O)O. The van der Waals surface area contributed by atoms with Crippen LogP contribution in [0.4, 0.5) is 0 Å². The minimum Gasteiger partial charge on any atom is -0.508 e. The van der Waals surface area contributed by atoms with Crippen LogP contribution in [0.15, 0.2) is 24.3 Å². The minimum atomic E-state index is -1.50. The highest BCUT2D eigenvalue weighted by atomic mass is 16.4. The number of carbonyl (C=O) groups is 5. The zero-order valence-corrected chi connectivity index (χ0v) is 17.3. The third kappa shape index (κ3) is 8.57. The van der Waals surface area contributed by atoms with Gasteiger partial charge in [0.2, 0.25) is 23.6 Å². The highest BCUT2D eigenvalue weighted by molar-refractivity contribution is 5.94. The maximum atomic E-state index is 12.4. The first-order valence-corrected chi connectivity index (χ1v) is 9.51. The molecule has 1 rings (SSSR count). The van der Waals surface area contributed by atoms with Crippen molar-refractivity contribution in [3.8, 4) is 5.75 Å². The summed E-state index contributed by atoms with van der Waals surface area (Å²) in [5, 5.41) is 34.8. The summed E-state index contributed by atoms with van der Waals surface area (Å²) >= 11 is 0. The molecule has 0 fully saturated rings. The van der Waals surface area contributed by atoms with E-state index in [2.05, 4.69) is 16.0 Å². The van der Waals surface area contributed by atoms with Crippen molar-refractivity contribution in [3.63, 3.8) is 0 Å². The van der Waals surface area contributed by atoms with Crippen molar-refractivity contribution in [2.75, 3.05) is 6.61 Å². The zero-order chi connectivity index (χ0) is 24.4. The van der Waals surface area contributed by atoms with E-state index in [9.17, 15) is 39.3 Å². The molecule has 1 aromatic rings. The fourth-order valence-electron chi connectivity index (χ4n) is 2.53. The van der Waals surface area contributed by atoms with Crippen LogP contribution in [0, 0.1) is 0 Å². The van der Waals surface area contributed by atoms with Gasteiger partial charge in [0.05, 0.1) is 19.1 Å². The summed E-state index contributed by atoms with van der Waals surface area (Å²) < 4.78 is 0. The number of carboxylic acids is 1. The summed E-state index contributed by atoms with van der Waals surface area (Å²) in [6.07, 6.45) is -0.545. The Morgan fingerprint density at radius 2 is 1.50 bits per heavy atom. The molecule has 0 aliphatic carbocycles. The summed E-state index contributed by atoms with van der Waals surface area (Å²) in [6, 6.07) is 0.359. The van der Waals surface area contributed by atoms with E-state index in [1.54, 1.807) is 0 Å². The molecule has 10 N–H and O–H groups in total. The summed E-state index contributed by atoms with van der Waals surface area (Å²) in [5.74, 6) is -4.80. The number of hydrogen-bond acceptors (Lipinski definition) is 8. The molecule has 0 radical (unpaired) electrons. The molecular formula is C19H27N5O8. The largest absolute Gasteiger partial charge is 0.508 e. The van der Waals surface area contributed by atoms with Gasteiger partial charge in [-0.3, -0.25) is 19.2 Å². The Morgan fingerprint density at radius 3 is 2.00 bits per heavy atom. The van der Waals surface area contributed by atoms with Gasteiger partial charge in [-0.25, -0.2) is 4.79 Å². The van der Waals surface area contributed by atoms with Gasteiger partial charge in [0, 0.05) is 6.42 Å². The Bertz CT molecular complexity index is 845. The van der Waals surface area contributed by atoms with Crippen LogP contribution in [-0.2, 0) is 30.4 Å². The molecule has 4 atom stereocenters. The lowest BCUT2D eigenvalue weighted by molar-refractivity contribution is -0.142. The fraction of sp³-hybridized carbons (Fsp3) is 0.421. The number of aliphatic hydroxyl groups is 1. The Morgan fingerprint density at radius 1 is 0.938 bits per heavy atom. The first-order valence-electron chi connectivity index (χ1n) is 9.51. The third-order valence-corrected chi connectivity index (χ3v) is 4.32. The molecular weight excluding hydrogens is 426 g/mol. The lowest BCUT2D eigenvalue weighted by Gasteiger charge is -2.22. The van der Waals surface area contributed by atoms with Gasteiger partial charge in [-0.2, -0.15) is 0 Å². The van der Waals surface area contributed by atoms with Gasteiger partial charge in [-0.15, -0.1) is 0 Å². The minimum absolute atomic E-state index is 0.00971. The van der Waals surface area contributed by atoms with E-state index in [1.807, 2.05) is 0 Å². The van der Waals surface area contributed by atoms with E-state index in [0.717, 1.165) is 0 Å². The number of phenolic OH excluding ortho intramolecular Hbond substituents is 1. The number of benzene rings is 1. The van der Waals surface area contributed by atoms with Crippen molar-refractivity contribution >= 4 is 29.6 Å². The van der Waals surface area contributed by atoms with Crippen LogP contribution in [-0.4, -0.2) is 75.7 Å². The highest BCUT2D eigenvalue weighted by Gasteiger charge is 2.28. The van der Waals surface area contributed by atoms with E-state index in [1.165, 1.54) is 31.2 Å². The van der Waals surface area contributed by atoms with Crippen molar-refractivity contribution in [1.82, 2.24) is 16.0 Å². The van der Waals surface area contributed by atoms with Crippen LogP contribution in [0.2, 0.25) is 0 Å². The Hall–Kier alpha value is -3.71. The average molecular weight is 453 g/mol. The molecule has 4 unspecified atom stereocenters. The van der Waals surface area contributed by atoms with Gasteiger partial charge in [-0.1, -0.05) is 12.1 Å². The number of phenols is 1. The Labute approximate surface area is 183 Å². The number of hydrogen-bond donors (Lipinski definition) is 8. The van der Waals surface area contributed by atoms with E-state index in [4.69, 9.17) is 11.5 Å². The normalized spacial score (nSPS) is 14.3. The van der Waals surface area contributed by atoms with Crippen molar-refractivity contribution in [3.05, 3.63) is 29.8 Å². The summed E-state index contributed by atoms with van der Waals surface area (Å²) in [6.45, 7) is 0.437. The monoisotopic (exact) mass is 453 g/mol. The number of aliphatic carboxylic acids is 1. The number of nitrogens with two attached hydrogens (primary N) is 2. The van der Waals surface area contributed by atoms with Crippen molar-refractivity contribution in [2.24, 2.45) is 11.5 Å². The van der Waals surface area contributed by atoms with Crippen molar-refractivity contribution in [1.29, 1.82) is 0 Å². The molecule has 1 aromatic carbocycles. The molecule has 0 saturated heterocycles. The number of aromatic hydroxyl groups is 1. The molecule has 13 nitrogen and oxygen atoms in total. The van der Waals surface area contributed by atoms with Gasteiger partial charge in [0.25, 0.3) is 0 Å². The first kappa shape index (κ1) is 26.3. The maximum Gasteiger partial charge on any atom is 0.326 e. The number of amides is 4. The molecule has 32 heavy (non-hydrogen) atoms. The third-order valence-electron chi connectivity index (χ3n) is 4.32. The predicted molar refractivity (Wildman–Crippen MR) is 110 cm³/mol. The molecule has 4 amide bonds. The van der Waals surface area contributed by atoms with Crippen LogP contribution in [0.25, 0.3) is 0 Å². The number of aliphatic hydroxyl groups excluding tert-OH is 1. The van der Waals surface area contributed by atoms with Gasteiger partial charge in [0.1, 0.15) is 23.9 Å². The lowest BCUT2D eigenvalue weighted by Crippen LogP contribution is -2.57. The topological polar surface area (TPSA) is 234 Å². The second kappa shape index (κ2) is 12.2. The molecule has 0 heterocycles. The number of rotatable bonds is 12. The lowest BCUT2D eigenvalue weighted by atomic mass is 10.1. The van der Waals surface area contributed by atoms with Crippen LogP contribution >= 0.6 is 0 Å². The molecule has 0 bridgehead atoms. The number of carbonyl (C=O) groups excluding carboxylic acids is 4. The van der Waals surface area contributed by atoms with E-state index in [0.29, 0.717) is 5.56 Å². The van der Waals surface area contributed by atoms with Crippen LogP contribution < -0.4 is 27.4 Å². The van der Waals surface area contributed by atoms with E-state index >= 15 is 0 Å². The smallest absolute Gasteiger partial charge is 0.326 e. The zero-order valence-electron chi connectivity index (χ0n) is 17.3. The first-order chi connectivity index (χ1) is 14.9. The molecule has 0 aromatic heterocycles. The number of primary amides is 1. The van der Waals surface area contributed by atoms with Crippen molar-refractivity contribution < 1.29 is 39.3 Å². The summed E-state index contributed by atoms with van der Waals surface area (Å²) in [4.78, 5) is 58.8. The molecule has 0 aliphatic rings. The fourth-order valence-corrected chi connectivity index (χ4v) is 2.53. The molecule has 0 saturated carbocycles. The van der Waals surface area contributed by atoms with Crippen LogP contribution in [0.1, 0.15) is 18.9 Å². The van der Waals surface area contributed by atoms with Gasteiger partial charge < -0.3 is 42.7 Å². The maximum absolute atomic E-state index is 12.4. The second-order valence-electron chi connectivity index (χ2n) is 7.02. The average Bonchev–Trinajstić information content (AvgIpc) is 2.71. The van der Waals surface area contributed by atoms with Gasteiger partial charge >= 0.3 is 5.97 Å². The highest BCUT2D eigenvalue weighted by Crippen LogP contribution is 2.11. The Kier molecular flexibility index (Phi) is 10.1. The molecule has 176 valence electrons. The molecule has 13 heteroatoms. The van der Waals surface area contributed by atoms with Crippen LogP contribution in [0.3, 0.4) is 0 Å². The summed E-state index contributed by atoms with van der Waals surface area (Å²) in [7, 11) is 0. The Balaban J connectivity index is 2.71. The second-order valence-corrected chi connectivity index (χ2v) is 7.02. The molecule has 0 spiro atoms. The number of nitrogens with one attached hydrogen (secondary N) is 3. The van der Waals surface area contributed by atoms with Gasteiger partial charge in [-0.05, 0) is 24.6 Å². The van der Waals surface area contributed by atoms with E-state index in [-0.39, 0.29) is 12.2 Å². The van der Waals surface area contributed by atoms with Crippen LogP contribution in [0.5, 0.6) is 5.75 Å². The van der Waals surface area contributed by atoms with Gasteiger partial charge in [0.15, 0.2) is 0 Å². The van der Waals surface area contributed by atoms with E-state index < -0.39 is 66.8 Å². The quantitative estimate of drug-likeness (QED) is 0.158. The van der Waals surface area contributed by atoms with Crippen molar-refractivity contribution in [2.45, 2.75) is 43.9 Å². The standard InChI is InChI=1S/C19H27N5O8/c1-9(22-17(29)12(20)7-15(21)27)16(28)24-14(8-25)18(30)23-13(19(31)32)6-10-2-4-11(26)5-3-10/h2-5,9,12-14,25-26H,6-8,20H2,1H3,(H2,21,27)(H,22,29)(H,23,30)(H,24,28)(H,31,32). The number of carboxylic acid groups (broad SMARTS) is 1.